The minimum Gasteiger partial charge on any atom is -0.384 e. The molecule has 3 N–H and O–H groups in total. The van der Waals surface area contributed by atoms with Crippen LogP contribution >= 0.6 is 0 Å². The Morgan fingerprint density at radius 3 is 3.07 bits per heavy atom. The van der Waals surface area contributed by atoms with Crippen LogP contribution in [0.3, 0.4) is 0 Å². The summed E-state index contributed by atoms with van der Waals surface area (Å²) in [6.45, 7) is 0.514. The number of aromatic nitrogens is 3. The quantitative estimate of drug-likeness (QED) is 0.740. The van der Waals surface area contributed by atoms with Crippen LogP contribution in [0.5, 0.6) is 0 Å². The summed E-state index contributed by atoms with van der Waals surface area (Å²) >= 11 is 0. The van der Waals surface area contributed by atoms with Crippen LogP contribution in [-0.4, -0.2) is 15.1 Å². The molecule has 0 saturated carbocycles. The largest absolute Gasteiger partial charge is 0.384 e. The summed E-state index contributed by atoms with van der Waals surface area (Å²) in [4.78, 5) is 7.95. The molecule has 2 aromatic rings. The Balaban J connectivity index is 1.98. The van der Waals surface area contributed by atoms with Crippen LogP contribution in [0.1, 0.15) is 5.69 Å². The summed E-state index contributed by atoms with van der Waals surface area (Å²) in [5.74, 6) is 0.913. The number of nitrogens with one attached hydrogen (secondary N) is 1. The van der Waals surface area contributed by atoms with Gasteiger partial charge in [0.1, 0.15) is 17.8 Å². The molecule has 2 rings (SSSR count). The van der Waals surface area contributed by atoms with Gasteiger partial charge in [0.15, 0.2) is 0 Å². The van der Waals surface area contributed by atoms with E-state index in [2.05, 4.69) is 25.0 Å². The zero-order valence-corrected chi connectivity index (χ0v) is 7.34. The zero-order chi connectivity index (χ0) is 9.80. The fraction of sp³-hybridized carbons (Fsp3) is 0.125. The van der Waals surface area contributed by atoms with Gasteiger partial charge in [-0.15, -0.1) is 0 Å². The van der Waals surface area contributed by atoms with Crippen molar-refractivity contribution in [1.29, 1.82) is 0 Å². The molecule has 0 atom stereocenters. The summed E-state index contributed by atoms with van der Waals surface area (Å²) in [7, 11) is 0. The summed E-state index contributed by atoms with van der Waals surface area (Å²) < 4.78 is 4.67. The lowest BCUT2D eigenvalue weighted by molar-refractivity contribution is 0.412. The molecular weight excluding hydrogens is 182 g/mol. The maximum Gasteiger partial charge on any atom is 0.224 e. The van der Waals surface area contributed by atoms with Gasteiger partial charge in [-0.2, -0.15) is 4.98 Å². The SMILES string of the molecule is Nc1ccnc(NCc2ccon2)n1. The Morgan fingerprint density at radius 2 is 2.36 bits per heavy atom. The first-order chi connectivity index (χ1) is 6.84. The highest BCUT2D eigenvalue weighted by atomic mass is 16.5. The van der Waals surface area contributed by atoms with E-state index in [9.17, 15) is 0 Å². The molecule has 2 aromatic heterocycles. The maximum atomic E-state index is 5.48. The Kier molecular flexibility index (Phi) is 2.26. The molecular formula is C8H9N5O. The van der Waals surface area contributed by atoms with E-state index in [1.54, 1.807) is 18.3 Å². The lowest BCUT2D eigenvalue weighted by Gasteiger charge is -2.01. The van der Waals surface area contributed by atoms with Gasteiger partial charge in [0, 0.05) is 12.3 Å². The first-order valence-corrected chi connectivity index (χ1v) is 4.06. The minimum absolute atomic E-state index is 0.433. The first kappa shape index (κ1) is 8.49. The van der Waals surface area contributed by atoms with Gasteiger partial charge in [-0.1, -0.05) is 5.16 Å². The number of anilines is 2. The average molecular weight is 191 g/mol. The van der Waals surface area contributed by atoms with E-state index in [1.165, 1.54) is 6.26 Å². The average Bonchev–Trinajstić information content (AvgIpc) is 2.67. The van der Waals surface area contributed by atoms with Gasteiger partial charge in [0.2, 0.25) is 5.95 Å². The number of hydrogen-bond acceptors (Lipinski definition) is 6. The Labute approximate surface area is 80.1 Å². The van der Waals surface area contributed by atoms with Crippen LogP contribution in [0.15, 0.2) is 29.1 Å². The maximum absolute atomic E-state index is 5.48. The normalized spacial score (nSPS) is 10.0. The molecule has 14 heavy (non-hydrogen) atoms. The van der Waals surface area contributed by atoms with Crippen LogP contribution < -0.4 is 11.1 Å². The molecule has 6 nitrogen and oxygen atoms in total. The lowest BCUT2D eigenvalue weighted by atomic mass is 10.4. The number of rotatable bonds is 3. The van der Waals surface area contributed by atoms with Crippen molar-refractivity contribution in [3.63, 3.8) is 0 Å². The van der Waals surface area contributed by atoms with E-state index in [0.29, 0.717) is 18.3 Å². The number of nitrogen functional groups attached to an aromatic ring is 1. The Bertz CT molecular complexity index is 400. The second-order valence-electron chi connectivity index (χ2n) is 2.65. The van der Waals surface area contributed by atoms with Gasteiger partial charge in [0.25, 0.3) is 0 Å². The third-order valence-electron chi connectivity index (χ3n) is 1.60. The van der Waals surface area contributed by atoms with Crippen molar-refractivity contribution in [3.8, 4) is 0 Å². The number of nitrogens with two attached hydrogens (primary N) is 1. The lowest BCUT2D eigenvalue weighted by Crippen LogP contribution is -2.04. The fourth-order valence-corrected chi connectivity index (χ4v) is 0.956. The molecule has 0 aliphatic carbocycles. The molecule has 72 valence electrons. The molecule has 0 aliphatic heterocycles. The summed E-state index contributed by atoms with van der Waals surface area (Å²) in [6.07, 6.45) is 3.10. The van der Waals surface area contributed by atoms with Crippen LogP contribution in [0.2, 0.25) is 0 Å². The van der Waals surface area contributed by atoms with E-state index in [1.807, 2.05) is 0 Å². The molecule has 0 radical (unpaired) electrons. The molecule has 0 spiro atoms. The van der Waals surface area contributed by atoms with E-state index in [0.717, 1.165) is 5.69 Å². The van der Waals surface area contributed by atoms with Crippen LogP contribution in [0.25, 0.3) is 0 Å². The molecule has 0 aromatic carbocycles. The van der Waals surface area contributed by atoms with Crippen molar-refractivity contribution in [2.45, 2.75) is 6.54 Å². The predicted molar refractivity (Wildman–Crippen MR) is 50.3 cm³/mol. The molecule has 6 heteroatoms. The van der Waals surface area contributed by atoms with E-state index in [4.69, 9.17) is 5.73 Å². The summed E-state index contributed by atoms with van der Waals surface area (Å²) in [6, 6.07) is 3.39. The fourth-order valence-electron chi connectivity index (χ4n) is 0.956. The van der Waals surface area contributed by atoms with Gasteiger partial charge in [-0.25, -0.2) is 4.98 Å². The number of nitrogens with zero attached hydrogens (tertiary/aromatic N) is 3. The van der Waals surface area contributed by atoms with E-state index < -0.39 is 0 Å². The second kappa shape index (κ2) is 3.73. The third kappa shape index (κ3) is 1.98. The molecule has 2 heterocycles. The van der Waals surface area contributed by atoms with Gasteiger partial charge in [-0.3, -0.25) is 0 Å². The topological polar surface area (TPSA) is 89.9 Å². The highest BCUT2D eigenvalue weighted by Crippen LogP contribution is 2.03. The first-order valence-electron chi connectivity index (χ1n) is 4.06. The van der Waals surface area contributed by atoms with Gasteiger partial charge in [-0.05, 0) is 6.07 Å². The Hall–Kier alpha value is -2.11. The van der Waals surface area contributed by atoms with Crippen LogP contribution in [0, 0.1) is 0 Å². The van der Waals surface area contributed by atoms with Crippen molar-refractivity contribution in [3.05, 3.63) is 30.3 Å². The smallest absolute Gasteiger partial charge is 0.224 e. The minimum atomic E-state index is 0.433. The summed E-state index contributed by atoms with van der Waals surface area (Å²) in [5.41, 5.74) is 6.27. The monoisotopic (exact) mass is 191 g/mol. The third-order valence-corrected chi connectivity index (χ3v) is 1.60. The van der Waals surface area contributed by atoms with Crippen molar-refractivity contribution in [1.82, 2.24) is 15.1 Å². The van der Waals surface area contributed by atoms with E-state index >= 15 is 0 Å². The molecule has 0 bridgehead atoms. The van der Waals surface area contributed by atoms with Crippen molar-refractivity contribution < 1.29 is 4.52 Å². The van der Waals surface area contributed by atoms with Gasteiger partial charge < -0.3 is 15.6 Å². The van der Waals surface area contributed by atoms with Crippen molar-refractivity contribution in [2.24, 2.45) is 0 Å². The van der Waals surface area contributed by atoms with Crippen molar-refractivity contribution in [2.75, 3.05) is 11.1 Å². The number of hydrogen-bond donors (Lipinski definition) is 2. The molecule has 0 saturated heterocycles. The zero-order valence-electron chi connectivity index (χ0n) is 7.34. The van der Waals surface area contributed by atoms with Crippen molar-refractivity contribution >= 4 is 11.8 Å². The van der Waals surface area contributed by atoms with E-state index in [-0.39, 0.29) is 0 Å². The molecule has 0 unspecified atom stereocenters. The predicted octanol–water partition coefficient (Wildman–Crippen LogP) is 0.659. The second-order valence-corrected chi connectivity index (χ2v) is 2.65. The van der Waals surface area contributed by atoms with Crippen LogP contribution in [-0.2, 0) is 6.54 Å². The highest BCUT2D eigenvalue weighted by Gasteiger charge is 1.98. The molecule has 0 aliphatic rings. The van der Waals surface area contributed by atoms with Crippen LogP contribution in [0.4, 0.5) is 11.8 Å². The molecule has 0 amide bonds. The standard InChI is InChI=1S/C8H9N5O/c9-7-1-3-10-8(12-7)11-5-6-2-4-14-13-6/h1-4H,5H2,(H3,9,10,11,12). The van der Waals surface area contributed by atoms with Gasteiger partial charge in [0.05, 0.1) is 6.54 Å². The summed E-state index contributed by atoms with van der Waals surface area (Å²) in [5, 5.41) is 6.69. The Morgan fingerprint density at radius 1 is 1.43 bits per heavy atom. The highest BCUT2D eigenvalue weighted by molar-refractivity contribution is 5.35. The molecule has 0 fully saturated rings. The van der Waals surface area contributed by atoms with Gasteiger partial charge >= 0.3 is 0 Å².